The van der Waals surface area contributed by atoms with Gasteiger partial charge in [0.15, 0.2) is 0 Å². The number of carbonyl (C=O) groups excluding carboxylic acids is 1. The number of nitrogens with zero attached hydrogens (tertiary/aromatic N) is 4. The van der Waals surface area contributed by atoms with E-state index in [0.29, 0.717) is 12.3 Å². The van der Waals surface area contributed by atoms with Crippen LogP contribution in [-0.2, 0) is 11.2 Å². The largest absolute Gasteiger partial charge is 0.341 e. The average molecular weight is 307 g/mol. The van der Waals surface area contributed by atoms with Crippen LogP contribution < -0.4 is 0 Å². The molecule has 1 saturated heterocycles. The number of rotatable bonds is 4. The smallest absolute Gasteiger partial charge is 0.245 e. The van der Waals surface area contributed by atoms with Crippen LogP contribution >= 0.6 is 11.6 Å². The van der Waals surface area contributed by atoms with Crippen molar-refractivity contribution < 1.29 is 4.79 Å². The summed E-state index contributed by atoms with van der Waals surface area (Å²) < 4.78 is 2.01. The molecule has 21 heavy (non-hydrogen) atoms. The molecule has 1 atom stereocenters. The third kappa shape index (κ3) is 2.62. The van der Waals surface area contributed by atoms with Crippen LogP contribution in [0.2, 0.25) is 0 Å². The Hall–Kier alpha value is -1.62. The van der Waals surface area contributed by atoms with Gasteiger partial charge in [0.2, 0.25) is 5.91 Å². The summed E-state index contributed by atoms with van der Waals surface area (Å²) in [6.07, 6.45) is 6.31. The van der Waals surface area contributed by atoms with Gasteiger partial charge in [0.05, 0.1) is 11.7 Å². The van der Waals surface area contributed by atoms with E-state index in [2.05, 4.69) is 9.97 Å². The number of pyridine rings is 1. The zero-order valence-corrected chi connectivity index (χ0v) is 12.9. The van der Waals surface area contributed by atoms with Crippen molar-refractivity contribution in [2.45, 2.75) is 32.2 Å². The molecule has 3 heterocycles. The molecule has 0 aliphatic carbocycles. The van der Waals surface area contributed by atoms with Crippen molar-refractivity contribution in [3.05, 3.63) is 24.3 Å². The molecule has 0 aromatic carbocycles. The minimum atomic E-state index is -0.256. The lowest BCUT2D eigenvalue weighted by atomic mass is 10.2. The van der Waals surface area contributed by atoms with E-state index in [1.54, 1.807) is 12.4 Å². The van der Waals surface area contributed by atoms with E-state index in [4.69, 9.17) is 11.6 Å². The highest BCUT2D eigenvalue weighted by Crippen LogP contribution is 2.24. The minimum absolute atomic E-state index is 0.166. The van der Waals surface area contributed by atoms with Crippen LogP contribution in [0.1, 0.15) is 31.6 Å². The average Bonchev–Trinajstić information content (AvgIpc) is 3.13. The Morgan fingerprint density at radius 2 is 2.19 bits per heavy atom. The Morgan fingerprint density at radius 1 is 1.43 bits per heavy atom. The number of aromatic nitrogens is 3. The topological polar surface area (TPSA) is 51.0 Å². The summed E-state index contributed by atoms with van der Waals surface area (Å²) >= 11 is 5.88. The van der Waals surface area contributed by atoms with E-state index in [-0.39, 0.29) is 11.9 Å². The van der Waals surface area contributed by atoms with E-state index >= 15 is 0 Å². The van der Waals surface area contributed by atoms with Crippen molar-refractivity contribution in [1.29, 1.82) is 0 Å². The predicted octanol–water partition coefficient (Wildman–Crippen LogP) is 2.40. The van der Waals surface area contributed by atoms with Gasteiger partial charge < -0.3 is 9.47 Å². The highest BCUT2D eigenvalue weighted by Gasteiger charge is 2.27. The lowest BCUT2D eigenvalue weighted by Crippen LogP contribution is -2.34. The Labute approximate surface area is 128 Å². The van der Waals surface area contributed by atoms with Gasteiger partial charge in [-0.3, -0.25) is 9.78 Å². The summed E-state index contributed by atoms with van der Waals surface area (Å²) in [5.41, 5.74) is 1.77. The van der Waals surface area contributed by atoms with Crippen molar-refractivity contribution in [3.8, 4) is 0 Å². The van der Waals surface area contributed by atoms with Gasteiger partial charge in [-0.1, -0.05) is 0 Å². The van der Waals surface area contributed by atoms with Gasteiger partial charge in [-0.25, -0.2) is 4.98 Å². The lowest BCUT2D eigenvalue weighted by Gasteiger charge is -2.23. The quantitative estimate of drug-likeness (QED) is 0.815. The third-order valence-electron chi connectivity index (χ3n) is 4.05. The zero-order valence-electron chi connectivity index (χ0n) is 12.1. The maximum atomic E-state index is 12.7. The van der Waals surface area contributed by atoms with Crippen LogP contribution in [0.25, 0.3) is 11.0 Å². The first-order chi connectivity index (χ1) is 10.2. The number of amides is 1. The first-order valence-electron chi connectivity index (χ1n) is 7.38. The number of aryl methyl sites for hydroxylation is 1. The molecule has 2 aromatic heterocycles. The van der Waals surface area contributed by atoms with E-state index in [1.807, 2.05) is 22.5 Å². The standard InChI is InChI=1S/C15H19ClN4O/c1-11(15(21)19-8-2-3-9-19)20-13-5-7-17-10-12(13)18-14(20)4-6-16/h5,7,10-11H,2-4,6,8-9H2,1H3. The van der Waals surface area contributed by atoms with Crippen LogP contribution in [-0.4, -0.2) is 44.3 Å². The monoisotopic (exact) mass is 306 g/mol. The van der Waals surface area contributed by atoms with Gasteiger partial charge >= 0.3 is 0 Å². The fourth-order valence-corrected chi connectivity index (χ4v) is 3.17. The maximum absolute atomic E-state index is 12.7. The highest BCUT2D eigenvalue weighted by molar-refractivity contribution is 6.17. The molecule has 112 valence electrons. The second kappa shape index (κ2) is 6.02. The van der Waals surface area contributed by atoms with Crippen molar-refractivity contribution in [3.63, 3.8) is 0 Å². The maximum Gasteiger partial charge on any atom is 0.245 e. The molecule has 2 aromatic rings. The Balaban J connectivity index is 2.00. The van der Waals surface area contributed by atoms with Crippen LogP contribution in [0.15, 0.2) is 18.5 Å². The molecule has 3 rings (SSSR count). The molecule has 1 amide bonds. The van der Waals surface area contributed by atoms with Crippen molar-refractivity contribution >= 4 is 28.5 Å². The lowest BCUT2D eigenvalue weighted by molar-refractivity contribution is -0.133. The van der Waals surface area contributed by atoms with Crippen LogP contribution in [0.4, 0.5) is 0 Å². The second-order valence-electron chi connectivity index (χ2n) is 5.41. The number of hydrogen-bond acceptors (Lipinski definition) is 3. The summed E-state index contributed by atoms with van der Waals surface area (Å²) in [5, 5.41) is 0. The van der Waals surface area contributed by atoms with E-state index in [0.717, 1.165) is 42.8 Å². The number of halogens is 1. The second-order valence-corrected chi connectivity index (χ2v) is 5.79. The first-order valence-corrected chi connectivity index (χ1v) is 7.91. The van der Waals surface area contributed by atoms with E-state index < -0.39 is 0 Å². The Bertz CT molecular complexity index is 648. The predicted molar refractivity (Wildman–Crippen MR) is 82.5 cm³/mol. The Kier molecular flexibility index (Phi) is 4.10. The summed E-state index contributed by atoms with van der Waals surface area (Å²) in [7, 11) is 0. The van der Waals surface area contributed by atoms with Gasteiger partial charge in [-0.15, -0.1) is 11.6 Å². The van der Waals surface area contributed by atoms with E-state index in [9.17, 15) is 4.79 Å². The number of alkyl halides is 1. The molecule has 5 nitrogen and oxygen atoms in total. The molecular weight excluding hydrogens is 288 g/mol. The number of hydrogen-bond donors (Lipinski definition) is 0. The third-order valence-corrected chi connectivity index (χ3v) is 4.23. The summed E-state index contributed by atoms with van der Waals surface area (Å²) in [6.45, 7) is 3.67. The first kappa shape index (κ1) is 14.3. The van der Waals surface area contributed by atoms with Crippen LogP contribution in [0.3, 0.4) is 0 Å². The molecular formula is C15H19ClN4O. The molecule has 0 bridgehead atoms. The molecule has 0 N–H and O–H groups in total. The van der Waals surface area contributed by atoms with E-state index in [1.165, 1.54) is 0 Å². The molecule has 0 saturated carbocycles. The molecule has 0 spiro atoms. The molecule has 0 radical (unpaired) electrons. The zero-order chi connectivity index (χ0) is 14.8. The molecule has 1 aliphatic rings. The number of fused-ring (bicyclic) bond motifs is 1. The minimum Gasteiger partial charge on any atom is -0.341 e. The Morgan fingerprint density at radius 3 is 2.90 bits per heavy atom. The fourth-order valence-electron chi connectivity index (χ4n) is 3.01. The number of carbonyl (C=O) groups is 1. The SMILES string of the molecule is CC(C(=O)N1CCCC1)n1c(CCCl)nc2cnccc21. The van der Waals surface area contributed by atoms with Gasteiger partial charge in [-0.05, 0) is 25.8 Å². The van der Waals surface area contributed by atoms with Gasteiger partial charge in [-0.2, -0.15) is 0 Å². The van der Waals surface area contributed by atoms with Crippen molar-refractivity contribution in [2.75, 3.05) is 19.0 Å². The molecule has 1 fully saturated rings. The van der Waals surface area contributed by atoms with Crippen LogP contribution in [0, 0.1) is 0 Å². The van der Waals surface area contributed by atoms with Crippen LogP contribution in [0.5, 0.6) is 0 Å². The number of likely N-dealkylation sites (tertiary alicyclic amines) is 1. The molecule has 1 aliphatic heterocycles. The summed E-state index contributed by atoms with van der Waals surface area (Å²) in [5.74, 6) is 1.51. The fraction of sp³-hybridized carbons (Fsp3) is 0.533. The molecule has 1 unspecified atom stereocenters. The summed E-state index contributed by atoms with van der Waals surface area (Å²) in [4.78, 5) is 23.3. The normalized spacial score (nSPS) is 16.6. The number of imidazole rings is 1. The van der Waals surface area contributed by atoms with Crippen molar-refractivity contribution in [2.24, 2.45) is 0 Å². The summed E-state index contributed by atoms with van der Waals surface area (Å²) in [6, 6.07) is 1.65. The molecule has 6 heteroatoms. The van der Waals surface area contributed by atoms with Gasteiger partial charge in [0.25, 0.3) is 0 Å². The van der Waals surface area contributed by atoms with Gasteiger partial charge in [0, 0.05) is 31.6 Å². The van der Waals surface area contributed by atoms with Crippen molar-refractivity contribution in [1.82, 2.24) is 19.4 Å². The highest BCUT2D eigenvalue weighted by atomic mass is 35.5. The van der Waals surface area contributed by atoms with Gasteiger partial charge in [0.1, 0.15) is 17.4 Å².